The molecule has 136 valence electrons. The molecule has 0 saturated heterocycles. The molecule has 1 aromatic heterocycles. The van der Waals surface area contributed by atoms with Gasteiger partial charge in [0.25, 0.3) is 0 Å². The topological polar surface area (TPSA) is 98.2 Å². The zero-order valence-corrected chi connectivity index (χ0v) is 15.5. The molecule has 0 saturated carbocycles. The molecule has 0 radical (unpaired) electrons. The number of methoxy groups -OCH3 is 2. The number of rotatable bonds is 8. The first-order valence-corrected chi connectivity index (χ1v) is 8.72. The van der Waals surface area contributed by atoms with Crippen molar-refractivity contribution < 1.29 is 14.3 Å². The zero-order valence-electron chi connectivity index (χ0n) is 14.7. The van der Waals surface area contributed by atoms with Crippen molar-refractivity contribution in [3.8, 4) is 11.5 Å². The smallest absolute Gasteiger partial charge is 0.343 e. The van der Waals surface area contributed by atoms with Crippen LogP contribution in [0.3, 0.4) is 0 Å². The maximum Gasteiger partial charge on any atom is 0.343 e. The van der Waals surface area contributed by atoms with Crippen LogP contribution in [0, 0.1) is 0 Å². The lowest BCUT2D eigenvalue weighted by atomic mass is 10.2. The van der Waals surface area contributed by atoms with Gasteiger partial charge in [0.2, 0.25) is 5.91 Å². The number of benzene rings is 1. The van der Waals surface area contributed by atoms with Crippen molar-refractivity contribution in [1.29, 1.82) is 0 Å². The van der Waals surface area contributed by atoms with Gasteiger partial charge in [-0.1, -0.05) is 18.7 Å². The molecule has 1 heterocycles. The van der Waals surface area contributed by atoms with E-state index in [2.05, 4.69) is 15.5 Å². The molecule has 2 rings (SSSR count). The van der Waals surface area contributed by atoms with E-state index in [1.54, 1.807) is 32.2 Å². The van der Waals surface area contributed by atoms with Crippen LogP contribution in [-0.2, 0) is 11.3 Å². The molecule has 0 fully saturated rings. The number of nitrogens with one attached hydrogen (secondary N) is 2. The molecular formula is C16H22N4O4S. The van der Waals surface area contributed by atoms with Crippen LogP contribution < -0.4 is 20.5 Å². The summed E-state index contributed by atoms with van der Waals surface area (Å²) < 4.78 is 11.9. The Labute approximate surface area is 149 Å². The average Bonchev–Trinajstić information content (AvgIpc) is 2.95. The maximum absolute atomic E-state index is 12.4. The van der Waals surface area contributed by atoms with E-state index in [0.29, 0.717) is 28.9 Å². The minimum Gasteiger partial charge on any atom is -0.493 e. The molecule has 0 spiro atoms. The molecule has 2 N–H and O–H groups in total. The fraction of sp³-hybridized carbons (Fsp3) is 0.438. The van der Waals surface area contributed by atoms with Gasteiger partial charge < -0.3 is 14.8 Å². The second-order valence-corrected chi connectivity index (χ2v) is 6.59. The number of aromatic nitrogens is 3. The fourth-order valence-corrected chi connectivity index (χ4v) is 3.07. The minimum absolute atomic E-state index is 0.198. The largest absolute Gasteiger partial charge is 0.493 e. The number of anilines is 1. The third kappa shape index (κ3) is 4.56. The molecule has 1 atom stereocenters. The SMILES string of the molecule is CCCn1c(S[C@H](C)C(=O)Nc2ccc(OC)c(OC)c2)n[nH]c1=O. The van der Waals surface area contributed by atoms with Crippen LogP contribution in [0.1, 0.15) is 20.3 Å². The van der Waals surface area contributed by atoms with Crippen LogP contribution in [0.25, 0.3) is 0 Å². The predicted molar refractivity (Wildman–Crippen MR) is 96.6 cm³/mol. The Morgan fingerprint density at radius 2 is 2.08 bits per heavy atom. The Morgan fingerprint density at radius 1 is 1.36 bits per heavy atom. The second-order valence-electron chi connectivity index (χ2n) is 5.28. The summed E-state index contributed by atoms with van der Waals surface area (Å²) in [6.45, 7) is 4.29. The number of thioether (sulfide) groups is 1. The number of nitrogens with zero attached hydrogens (tertiary/aromatic N) is 2. The number of amides is 1. The summed E-state index contributed by atoms with van der Waals surface area (Å²) in [5.41, 5.74) is 0.333. The number of carbonyl (C=O) groups excluding carboxylic acids is 1. The van der Waals surface area contributed by atoms with Crippen molar-refractivity contribution in [2.75, 3.05) is 19.5 Å². The van der Waals surface area contributed by atoms with Crippen molar-refractivity contribution in [2.45, 2.75) is 37.2 Å². The molecule has 0 aliphatic heterocycles. The van der Waals surface area contributed by atoms with E-state index in [-0.39, 0.29) is 11.6 Å². The van der Waals surface area contributed by atoms with Gasteiger partial charge in [0, 0.05) is 18.3 Å². The summed E-state index contributed by atoms with van der Waals surface area (Å²) in [5.74, 6) is 0.920. The van der Waals surface area contributed by atoms with E-state index < -0.39 is 5.25 Å². The molecule has 0 unspecified atom stereocenters. The average molecular weight is 366 g/mol. The minimum atomic E-state index is -0.432. The van der Waals surface area contributed by atoms with Crippen molar-refractivity contribution >= 4 is 23.4 Å². The molecule has 1 amide bonds. The highest BCUT2D eigenvalue weighted by Gasteiger charge is 2.19. The van der Waals surface area contributed by atoms with Crippen molar-refractivity contribution in [2.24, 2.45) is 0 Å². The highest BCUT2D eigenvalue weighted by Crippen LogP contribution is 2.30. The number of H-pyrrole nitrogens is 1. The van der Waals surface area contributed by atoms with Gasteiger partial charge in [-0.15, -0.1) is 5.10 Å². The third-order valence-corrected chi connectivity index (χ3v) is 4.56. The third-order valence-electron chi connectivity index (χ3n) is 3.47. The zero-order chi connectivity index (χ0) is 18.4. The highest BCUT2D eigenvalue weighted by molar-refractivity contribution is 8.00. The molecule has 0 bridgehead atoms. The van der Waals surface area contributed by atoms with Crippen LogP contribution in [0.2, 0.25) is 0 Å². The molecule has 25 heavy (non-hydrogen) atoms. The Bertz CT molecular complexity index is 787. The Kier molecular flexibility index (Phi) is 6.51. The first kappa shape index (κ1) is 18.9. The Balaban J connectivity index is 2.07. The summed E-state index contributed by atoms with van der Waals surface area (Å²) >= 11 is 1.23. The quantitative estimate of drug-likeness (QED) is 0.695. The van der Waals surface area contributed by atoms with E-state index in [9.17, 15) is 9.59 Å². The molecular weight excluding hydrogens is 344 g/mol. The fourth-order valence-electron chi connectivity index (χ4n) is 2.18. The van der Waals surface area contributed by atoms with Crippen LogP contribution >= 0.6 is 11.8 Å². The Hall–Kier alpha value is -2.42. The standard InChI is InChI=1S/C16H22N4O4S/c1-5-8-20-15(22)18-19-16(20)25-10(2)14(21)17-11-6-7-12(23-3)13(9-11)24-4/h6-7,9-10H,5,8H2,1-4H3,(H,17,21)(H,18,22)/t10-/m1/s1. The maximum atomic E-state index is 12.4. The van der Waals surface area contributed by atoms with Gasteiger partial charge in [-0.3, -0.25) is 9.36 Å². The van der Waals surface area contributed by atoms with Gasteiger partial charge >= 0.3 is 5.69 Å². The normalized spacial score (nSPS) is 11.8. The van der Waals surface area contributed by atoms with Crippen LogP contribution in [-0.4, -0.2) is 40.1 Å². The van der Waals surface area contributed by atoms with Gasteiger partial charge in [-0.25, -0.2) is 9.89 Å². The molecule has 8 nitrogen and oxygen atoms in total. The van der Waals surface area contributed by atoms with Gasteiger partial charge in [0.05, 0.1) is 19.5 Å². The predicted octanol–water partition coefficient (Wildman–Crippen LogP) is 2.12. The van der Waals surface area contributed by atoms with Gasteiger partial charge in [-0.2, -0.15) is 0 Å². The summed E-state index contributed by atoms with van der Waals surface area (Å²) in [6.07, 6.45) is 0.805. The van der Waals surface area contributed by atoms with Gasteiger partial charge in [0.15, 0.2) is 16.7 Å². The van der Waals surface area contributed by atoms with Crippen LogP contribution in [0.5, 0.6) is 11.5 Å². The molecule has 0 aliphatic rings. The second kappa shape index (κ2) is 8.61. The van der Waals surface area contributed by atoms with E-state index in [0.717, 1.165) is 6.42 Å². The summed E-state index contributed by atoms with van der Waals surface area (Å²) in [7, 11) is 3.08. The Morgan fingerprint density at radius 3 is 2.72 bits per heavy atom. The molecule has 9 heteroatoms. The lowest BCUT2D eigenvalue weighted by Crippen LogP contribution is -2.24. The lowest BCUT2D eigenvalue weighted by molar-refractivity contribution is -0.115. The summed E-state index contributed by atoms with van der Waals surface area (Å²) in [6, 6.07) is 5.15. The van der Waals surface area contributed by atoms with Crippen LogP contribution in [0.4, 0.5) is 5.69 Å². The number of carbonyl (C=O) groups is 1. The number of hydrogen-bond acceptors (Lipinski definition) is 6. The first-order chi connectivity index (χ1) is 12.0. The molecule has 2 aromatic rings. The lowest BCUT2D eigenvalue weighted by Gasteiger charge is -2.13. The van der Waals surface area contributed by atoms with Gasteiger partial charge in [0.1, 0.15) is 0 Å². The number of hydrogen-bond donors (Lipinski definition) is 2. The van der Waals surface area contributed by atoms with Gasteiger partial charge in [-0.05, 0) is 25.5 Å². The van der Waals surface area contributed by atoms with Crippen molar-refractivity contribution in [3.05, 3.63) is 28.7 Å². The van der Waals surface area contributed by atoms with E-state index in [1.165, 1.54) is 23.4 Å². The number of aromatic amines is 1. The first-order valence-electron chi connectivity index (χ1n) is 7.84. The van der Waals surface area contributed by atoms with E-state index in [1.807, 2.05) is 6.92 Å². The molecule has 1 aromatic carbocycles. The van der Waals surface area contributed by atoms with Crippen molar-refractivity contribution in [3.63, 3.8) is 0 Å². The van der Waals surface area contributed by atoms with E-state index in [4.69, 9.17) is 9.47 Å². The monoisotopic (exact) mass is 366 g/mol. The van der Waals surface area contributed by atoms with Crippen molar-refractivity contribution in [1.82, 2.24) is 14.8 Å². The highest BCUT2D eigenvalue weighted by atomic mass is 32.2. The summed E-state index contributed by atoms with van der Waals surface area (Å²) in [4.78, 5) is 24.1. The van der Waals surface area contributed by atoms with E-state index >= 15 is 0 Å². The van der Waals surface area contributed by atoms with Crippen LogP contribution in [0.15, 0.2) is 28.2 Å². The molecule has 0 aliphatic carbocycles. The number of ether oxygens (including phenoxy) is 2. The summed E-state index contributed by atoms with van der Waals surface area (Å²) in [5, 5.41) is 9.30.